The number of halogens is 2. The topological polar surface area (TPSA) is 56.0 Å². The number of nitrogens with zero attached hydrogens (tertiary/aromatic N) is 2. The summed E-state index contributed by atoms with van der Waals surface area (Å²) < 4.78 is 27.4. The summed E-state index contributed by atoms with van der Waals surface area (Å²) in [7, 11) is 0. The first kappa shape index (κ1) is 14.6. The molecule has 0 amide bonds. The van der Waals surface area contributed by atoms with E-state index in [1.807, 2.05) is 0 Å². The van der Waals surface area contributed by atoms with Crippen molar-refractivity contribution < 1.29 is 13.7 Å². The molecular weight excluding hydrogens is 290 g/mol. The first-order chi connectivity index (χ1) is 10.6. The van der Waals surface area contributed by atoms with Crippen molar-refractivity contribution in [1.82, 2.24) is 4.98 Å². The summed E-state index contributed by atoms with van der Waals surface area (Å²) in [5.41, 5.74) is 1.82. The molecule has 0 spiro atoms. The quantitative estimate of drug-likeness (QED) is 0.480. The largest absolute Gasteiger partial charge is 0.287 e. The molecule has 1 aromatic heterocycles. The minimum Gasteiger partial charge on any atom is -0.258 e. The van der Waals surface area contributed by atoms with E-state index in [4.69, 9.17) is 0 Å². The molecule has 1 aliphatic carbocycles. The number of aromatic nitrogens is 1. The van der Waals surface area contributed by atoms with Gasteiger partial charge in [0.15, 0.2) is 11.6 Å². The van der Waals surface area contributed by atoms with E-state index in [0.717, 1.165) is 23.7 Å². The average Bonchev–Trinajstić information content (AvgIpc) is 2.71. The SMILES string of the molecule is O=[N+]([O-])c1cnc2c(c1)C[C@H](c1cccc(F)c1F)CCC2. The number of hydrogen-bond donors (Lipinski definition) is 0. The maximum Gasteiger partial charge on any atom is 0.287 e. The van der Waals surface area contributed by atoms with Gasteiger partial charge in [-0.1, -0.05) is 12.1 Å². The molecule has 0 saturated carbocycles. The number of pyridine rings is 1. The number of nitro groups is 1. The van der Waals surface area contributed by atoms with Crippen molar-refractivity contribution in [2.45, 2.75) is 31.6 Å². The monoisotopic (exact) mass is 304 g/mol. The Balaban J connectivity index is 1.98. The highest BCUT2D eigenvalue weighted by Crippen LogP contribution is 2.34. The van der Waals surface area contributed by atoms with Gasteiger partial charge in [0.1, 0.15) is 6.20 Å². The molecule has 2 aromatic rings. The second-order valence-corrected chi connectivity index (χ2v) is 5.49. The molecule has 4 nitrogen and oxygen atoms in total. The lowest BCUT2D eigenvalue weighted by Gasteiger charge is -2.16. The Morgan fingerprint density at radius 1 is 1.32 bits per heavy atom. The maximum atomic E-state index is 14.0. The normalized spacial score (nSPS) is 17.6. The Morgan fingerprint density at radius 3 is 2.91 bits per heavy atom. The molecule has 1 heterocycles. The summed E-state index contributed by atoms with van der Waals surface area (Å²) in [4.78, 5) is 14.5. The number of fused-ring (bicyclic) bond motifs is 1. The van der Waals surface area contributed by atoms with Crippen LogP contribution in [0.25, 0.3) is 0 Å². The Morgan fingerprint density at radius 2 is 2.14 bits per heavy atom. The van der Waals surface area contributed by atoms with Gasteiger partial charge in [0.2, 0.25) is 0 Å². The van der Waals surface area contributed by atoms with Crippen molar-refractivity contribution in [1.29, 1.82) is 0 Å². The Labute approximate surface area is 126 Å². The standard InChI is InChI=1S/C16H14F2N2O2/c17-14-5-2-4-13(16(14)18)10-3-1-6-15-11(7-10)8-12(9-19-15)20(21)22/h2,4-5,8-10H,1,3,6-7H2/t10-/m1/s1. The van der Waals surface area contributed by atoms with Crippen LogP contribution in [0.2, 0.25) is 0 Å². The van der Waals surface area contributed by atoms with Gasteiger partial charge in [-0.25, -0.2) is 8.78 Å². The molecule has 0 unspecified atom stereocenters. The van der Waals surface area contributed by atoms with Crippen LogP contribution >= 0.6 is 0 Å². The molecule has 1 aliphatic rings. The van der Waals surface area contributed by atoms with Crippen LogP contribution in [-0.2, 0) is 12.8 Å². The smallest absolute Gasteiger partial charge is 0.258 e. The summed E-state index contributed by atoms with van der Waals surface area (Å²) in [6.07, 6.45) is 3.87. The summed E-state index contributed by atoms with van der Waals surface area (Å²) in [6, 6.07) is 5.66. The summed E-state index contributed by atoms with van der Waals surface area (Å²) in [6.45, 7) is 0. The first-order valence-corrected chi connectivity index (χ1v) is 7.12. The van der Waals surface area contributed by atoms with Crippen molar-refractivity contribution in [3.63, 3.8) is 0 Å². The lowest BCUT2D eigenvalue weighted by atomic mass is 9.90. The molecule has 0 N–H and O–H groups in total. The number of rotatable bonds is 2. The Kier molecular flexibility index (Phi) is 3.83. The van der Waals surface area contributed by atoms with Crippen LogP contribution in [0.5, 0.6) is 0 Å². The first-order valence-electron chi connectivity index (χ1n) is 7.12. The molecule has 1 atom stereocenters. The van der Waals surface area contributed by atoms with Crippen LogP contribution in [0.1, 0.15) is 35.6 Å². The van der Waals surface area contributed by atoms with Crippen LogP contribution in [-0.4, -0.2) is 9.91 Å². The van der Waals surface area contributed by atoms with Gasteiger partial charge in [0.25, 0.3) is 5.69 Å². The van der Waals surface area contributed by atoms with Crippen molar-refractivity contribution >= 4 is 5.69 Å². The second kappa shape index (κ2) is 5.79. The van der Waals surface area contributed by atoms with E-state index >= 15 is 0 Å². The summed E-state index contributed by atoms with van der Waals surface area (Å²) in [5.74, 6) is -1.88. The van der Waals surface area contributed by atoms with E-state index in [2.05, 4.69) is 4.98 Å². The van der Waals surface area contributed by atoms with Crippen LogP contribution in [0.15, 0.2) is 30.5 Å². The average molecular weight is 304 g/mol. The summed E-state index contributed by atoms with van der Waals surface area (Å²) in [5, 5.41) is 10.9. The molecule has 6 heteroatoms. The number of benzene rings is 1. The molecule has 0 bridgehead atoms. The highest BCUT2D eigenvalue weighted by atomic mass is 19.2. The molecule has 114 valence electrons. The van der Waals surface area contributed by atoms with Gasteiger partial charge in [-0.3, -0.25) is 15.1 Å². The van der Waals surface area contributed by atoms with Crippen molar-refractivity contribution in [2.75, 3.05) is 0 Å². The fraction of sp³-hybridized carbons (Fsp3) is 0.312. The number of hydrogen-bond acceptors (Lipinski definition) is 3. The van der Waals surface area contributed by atoms with E-state index < -0.39 is 16.6 Å². The molecule has 1 aromatic carbocycles. The third kappa shape index (κ3) is 2.68. The van der Waals surface area contributed by atoms with E-state index in [1.165, 1.54) is 18.3 Å². The third-order valence-electron chi connectivity index (χ3n) is 4.11. The van der Waals surface area contributed by atoms with E-state index in [-0.39, 0.29) is 11.6 Å². The zero-order chi connectivity index (χ0) is 15.7. The fourth-order valence-corrected chi connectivity index (χ4v) is 3.01. The van der Waals surface area contributed by atoms with Gasteiger partial charge < -0.3 is 0 Å². The molecule has 0 saturated heterocycles. The lowest BCUT2D eigenvalue weighted by Crippen LogP contribution is -2.06. The van der Waals surface area contributed by atoms with Crippen LogP contribution < -0.4 is 0 Å². The predicted octanol–water partition coefficient (Wildman–Crippen LogP) is 3.93. The minimum atomic E-state index is -0.862. The van der Waals surface area contributed by atoms with Gasteiger partial charge >= 0.3 is 0 Å². The fourth-order valence-electron chi connectivity index (χ4n) is 3.01. The molecular formula is C16H14F2N2O2. The molecule has 0 aliphatic heterocycles. The van der Waals surface area contributed by atoms with Crippen LogP contribution in [0.3, 0.4) is 0 Å². The molecule has 0 radical (unpaired) electrons. The van der Waals surface area contributed by atoms with Gasteiger partial charge in [0, 0.05) is 11.8 Å². The highest BCUT2D eigenvalue weighted by Gasteiger charge is 2.24. The molecule has 3 rings (SSSR count). The van der Waals surface area contributed by atoms with Gasteiger partial charge in [-0.2, -0.15) is 0 Å². The van der Waals surface area contributed by atoms with Crippen LogP contribution in [0, 0.1) is 21.7 Å². The zero-order valence-corrected chi connectivity index (χ0v) is 11.8. The van der Waals surface area contributed by atoms with E-state index in [0.29, 0.717) is 24.8 Å². The minimum absolute atomic E-state index is 0.0703. The summed E-state index contributed by atoms with van der Waals surface area (Å²) >= 11 is 0. The van der Waals surface area contributed by atoms with E-state index in [9.17, 15) is 18.9 Å². The number of aryl methyl sites for hydroxylation is 1. The molecule has 0 fully saturated rings. The Hall–Kier alpha value is -2.37. The van der Waals surface area contributed by atoms with Gasteiger partial charge in [-0.05, 0) is 48.8 Å². The second-order valence-electron chi connectivity index (χ2n) is 5.49. The predicted molar refractivity (Wildman–Crippen MR) is 76.6 cm³/mol. The molecule has 22 heavy (non-hydrogen) atoms. The van der Waals surface area contributed by atoms with Gasteiger partial charge in [-0.15, -0.1) is 0 Å². The third-order valence-corrected chi connectivity index (χ3v) is 4.11. The van der Waals surface area contributed by atoms with Crippen molar-refractivity contribution in [3.05, 3.63) is 69.0 Å². The zero-order valence-electron chi connectivity index (χ0n) is 11.8. The Bertz CT molecular complexity index is 734. The van der Waals surface area contributed by atoms with Crippen molar-refractivity contribution in [2.24, 2.45) is 0 Å². The van der Waals surface area contributed by atoms with Crippen molar-refractivity contribution in [3.8, 4) is 0 Å². The van der Waals surface area contributed by atoms with E-state index in [1.54, 1.807) is 6.07 Å². The van der Waals surface area contributed by atoms with Crippen LogP contribution in [0.4, 0.5) is 14.5 Å². The highest BCUT2D eigenvalue weighted by molar-refractivity contribution is 5.37. The van der Waals surface area contributed by atoms with Gasteiger partial charge in [0.05, 0.1) is 4.92 Å². The lowest BCUT2D eigenvalue weighted by molar-refractivity contribution is -0.385. The maximum absolute atomic E-state index is 14.0.